The van der Waals surface area contributed by atoms with Crippen molar-refractivity contribution in [2.75, 3.05) is 6.54 Å². The second kappa shape index (κ2) is 3.67. The van der Waals surface area contributed by atoms with Crippen LogP contribution in [0.5, 0.6) is 0 Å². The van der Waals surface area contributed by atoms with E-state index in [2.05, 4.69) is 24.4 Å². The Kier molecular flexibility index (Phi) is 2.78. The molecule has 0 spiro atoms. The lowest BCUT2D eigenvalue weighted by Gasteiger charge is -2.18. The van der Waals surface area contributed by atoms with Crippen molar-refractivity contribution in [2.45, 2.75) is 32.2 Å². The largest absolute Gasteiger partial charge is 0.310 e. The molecule has 0 aromatic rings. The molecule has 0 unspecified atom stereocenters. The predicted molar refractivity (Wildman–Crippen MR) is 40.5 cm³/mol. The van der Waals surface area contributed by atoms with E-state index in [1.807, 2.05) is 0 Å². The van der Waals surface area contributed by atoms with E-state index in [1.54, 1.807) is 0 Å². The molecule has 1 heterocycles. The fourth-order valence-electron chi connectivity index (χ4n) is 1.23. The van der Waals surface area contributed by atoms with Gasteiger partial charge in [-0.25, -0.2) is 0 Å². The molecular weight excluding hydrogens is 110 g/mol. The minimum atomic E-state index is 0.764. The summed E-state index contributed by atoms with van der Waals surface area (Å²) in [7, 11) is 0. The molecule has 0 radical (unpaired) electrons. The highest BCUT2D eigenvalue weighted by Gasteiger charge is 2.05. The van der Waals surface area contributed by atoms with Crippen LogP contribution >= 0.6 is 0 Å². The molecule has 0 bridgehead atoms. The second-order valence-corrected chi connectivity index (χ2v) is 2.60. The lowest BCUT2D eigenvalue weighted by atomic mass is 10.1. The summed E-state index contributed by atoms with van der Waals surface area (Å²) >= 11 is 0. The molecule has 1 aliphatic rings. The van der Waals surface area contributed by atoms with Crippen molar-refractivity contribution >= 4 is 0 Å². The molecule has 1 atom stereocenters. The highest BCUT2D eigenvalue weighted by molar-refractivity contribution is 4.93. The Morgan fingerprint density at radius 3 is 3.00 bits per heavy atom. The van der Waals surface area contributed by atoms with Gasteiger partial charge in [0.25, 0.3) is 0 Å². The Bertz CT molecular complexity index is 96.7. The molecule has 1 N–H and O–H groups in total. The standard InChI is InChI=1S/C8H15N/c1-2-5-8-6-3-4-7-9-8/h3-4,8-9H,2,5-7H2,1H3/t8-/m1/s1. The first-order chi connectivity index (χ1) is 4.43. The molecule has 1 aliphatic heterocycles. The van der Waals surface area contributed by atoms with Gasteiger partial charge in [-0.1, -0.05) is 25.5 Å². The van der Waals surface area contributed by atoms with Crippen molar-refractivity contribution < 1.29 is 0 Å². The zero-order valence-corrected chi connectivity index (χ0v) is 6.06. The van der Waals surface area contributed by atoms with E-state index in [1.165, 1.54) is 19.3 Å². The van der Waals surface area contributed by atoms with E-state index in [4.69, 9.17) is 0 Å². The van der Waals surface area contributed by atoms with Crippen molar-refractivity contribution in [1.29, 1.82) is 0 Å². The third kappa shape index (κ3) is 2.19. The Morgan fingerprint density at radius 2 is 2.44 bits per heavy atom. The molecule has 1 nitrogen and oxygen atoms in total. The van der Waals surface area contributed by atoms with Crippen LogP contribution in [0.25, 0.3) is 0 Å². The molecule has 1 rings (SSSR count). The van der Waals surface area contributed by atoms with Crippen LogP contribution < -0.4 is 5.32 Å². The smallest absolute Gasteiger partial charge is 0.0137 e. The van der Waals surface area contributed by atoms with Gasteiger partial charge in [0.1, 0.15) is 0 Å². The van der Waals surface area contributed by atoms with E-state index in [-0.39, 0.29) is 0 Å². The van der Waals surface area contributed by atoms with Gasteiger partial charge in [0, 0.05) is 12.6 Å². The van der Waals surface area contributed by atoms with E-state index in [9.17, 15) is 0 Å². The van der Waals surface area contributed by atoms with Gasteiger partial charge in [0.05, 0.1) is 0 Å². The molecule has 0 saturated carbocycles. The summed E-state index contributed by atoms with van der Waals surface area (Å²) in [6.45, 7) is 3.31. The van der Waals surface area contributed by atoms with Crippen LogP contribution in [0, 0.1) is 0 Å². The van der Waals surface area contributed by atoms with Crippen LogP contribution in [0.15, 0.2) is 12.2 Å². The van der Waals surface area contributed by atoms with E-state index >= 15 is 0 Å². The topological polar surface area (TPSA) is 12.0 Å². The number of nitrogens with one attached hydrogen (secondary N) is 1. The fourth-order valence-corrected chi connectivity index (χ4v) is 1.23. The lowest BCUT2D eigenvalue weighted by Crippen LogP contribution is -2.30. The Balaban J connectivity index is 2.18. The minimum absolute atomic E-state index is 0.764. The van der Waals surface area contributed by atoms with Crippen molar-refractivity contribution in [3.05, 3.63) is 12.2 Å². The Hall–Kier alpha value is -0.300. The van der Waals surface area contributed by atoms with Crippen molar-refractivity contribution in [3.8, 4) is 0 Å². The molecule has 52 valence electrons. The van der Waals surface area contributed by atoms with Crippen LogP contribution in [0.3, 0.4) is 0 Å². The summed E-state index contributed by atoms with van der Waals surface area (Å²) in [5.74, 6) is 0. The summed E-state index contributed by atoms with van der Waals surface area (Å²) in [5, 5.41) is 3.43. The number of rotatable bonds is 2. The molecule has 0 aromatic heterocycles. The third-order valence-corrected chi connectivity index (χ3v) is 1.75. The predicted octanol–water partition coefficient (Wildman–Crippen LogP) is 1.70. The monoisotopic (exact) mass is 125 g/mol. The summed E-state index contributed by atoms with van der Waals surface area (Å²) in [5.41, 5.74) is 0. The van der Waals surface area contributed by atoms with Gasteiger partial charge in [0.2, 0.25) is 0 Å². The SMILES string of the molecule is CCC[C@@H]1CC=CCN1. The summed E-state index contributed by atoms with van der Waals surface area (Å²) < 4.78 is 0. The normalized spacial score (nSPS) is 26.6. The van der Waals surface area contributed by atoms with E-state index in [0.717, 1.165) is 12.6 Å². The van der Waals surface area contributed by atoms with Gasteiger partial charge < -0.3 is 5.32 Å². The lowest BCUT2D eigenvalue weighted by molar-refractivity contribution is 0.489. The van der Waals surface area contributed by atoms with Gasteiger partial charge in [0.15, 0.2) is 0 Å². The van der Waals surface area contributed by atoms with Crippen molar-refractivity contribution in [2.24, 2.45) is 0 Å². The van der Waals surface area contributed by atoms with Crippen molar-refractivity contribution in [3.63, 3.8) is 0 Å². The van der Waals surface area contributed by atoms with Crippen LogP contribution in [-0.4, -0.2) is 12.6 Å². The quantitative estimate of drug-likeness (QED) is 0.554. The molecular formula is C8H15N. The average Bonchev–Trinajstić information content (AvgIpc) is 1.91. The zero-order valence-electron chi connectivity index (χ0n) is 6.06. The maximum absolute atomic E-state index is 3.43. The first kappa shape index (κ1) is 6.81. The van der Waals surface area contributed by atoms with Gasteiger partial charge in [-0.05, 0) is 12.8 Å². The molecule has 0 aliphatic carbocycles. The van der Waals surface area contributed by atoms with Crippen molar-refractivity contribution in [1.82, 2.24) is 5.32 Å². The summed E-state index contributed by atoms with van der Waals surface area (Å²) in [6.07, 6.45) is 8.33. The molecule has 0 saturated heterocycles. The van der Waals surface area contributed by atoms with Crippen LogP contribution in [0.2, 0.25) is 0 Å². The molecule has 1 heteroatoms. The van der Waals surface area contributed by atoms with Crippen LogP contribution in [-0.2, 0) is 0 Å². The second-order valence-electron chi connectivity index (χ2n) is 2.60. The van der Waals surface area contributed by atoms with Gasteiger partial charge in [-0.2, -0.15) is 0 Å². The molecule has 0 fully saturated rings. The van der Waals surface area contributed by atoms with Gasteiger partial charge in [-0.3, -0.25) is 0 Å². The molecule has 9 heavy (non-hydrogen) atoms. The Morgan fingerprint density at radius 1 is 1.56 bits per heavy atom. The van der Waals surface area contributed by atoms with Crippen LogP contribution in [0.1, 0.15) is 26.2 Å². The Labute approximate surface area is 57.1 Å². The summed E-state index contributed by atoms with van der Waals surface area (Å²) in [6, 6.07) is 0.764. The maximum atomic E-state index is 3.43. The maximum Gasteiger partial charge on any atom is 0.0137 e. The van der Waals surface area contributed by atoms with E-state index in [0.29, 0.717) is 0 Å². The van der Waals surface area contributed by atoms with Gasteiger partial charge >= 0.3 is 0 Å². The third-order valence-electron chi connectivity index (χ3n) is 1.75. The number of hydrogen-bond donors (Lipinski definition) is 1. The number of hydrogen-bond acceptors (Lipinski definition) is 1. The minimum Gasteiger partial charge on any atom is -0.310 e. The molecule has 0 amide bonds. The average molecular weight is 125 g/mol. The first-order valence-corrected chi connectivity index (χ1v) is 3.82. The highest BCUT2D eigenvalue weighted by Crippen LogP contribution is 2.05. The first-order valence-electron chi connectivity index (χ1n) is 3.82. The van der Waals surface area contributed by atoms with Crippen LogP contribution in [0.4, 0.5) is 0 Å². The zero-order chi connectivity index (χ0) is 6.53. The van der Waals surface area contributed by atoms with E-state index < -0.39 is 0 Å². The fraction of sp³-hybridized carbons (Fsp3) is 0.750. The highest BCUT2D eigenvalue weighted by atomic mass is 14.9. The molecule has 0 aromatic carbocycles. The summed E-state index contributed by atoms with van der Waals surface area (Å²) in [4.78, 5) is 0. The van der Waals surface area contributed by atoms with Gasteiger partial charge in [-0.15, -0.1) is 0 Å².